The number of phenolic OH excluding ortho intramolecular Hbond substituents is 1. The van der Waals surface area contributed by atoms with Gasteiger partial charge in [-0.25, -0.2) is 0 Å². The van der Waals surface area contributed by atoms with Crippen LogP contribution in [0.4, 0.5) is 0 Å². The number of nitrogens with two attached hydrogens (primary N) is 2. The van der Waals surface area contributed by atoms with Gasteiger partial charge in [-0.05, 0) is 104 Å². The van der Waals surface area contributed by atoms with E-state index in [1.807, 2.05) is 36.6 Å². The highest BCUT2D eigenvalue weighted by molar-refractivity contribution is 7.98. The number of Topliss-reactive ketones (excluding diaryl/α,β-unsaturated/α-hetero) is 1. The van der Waals surface area contributed by atoms with Gasteiger partial charge in [-0.15, -0.1) is 12.4 Å². The smallest absolute Gasteiger partial charge is 0.321 e. The molecule has 4 aliphatic carbocycles. The normalized spacial score (nSPS) is 26.2. The fourth-order valence-corrected chi connectivity index (χ4v) is 9.28. The summed E-state index contributed by atoms with van der Waals surface area (Å²) >= 11 is 1.50. The van der Waals surface area contributed by atoms with Crippen LogP contribution in [0.25, 0.3) is 0 Å². The summed E-state index contributed by atoms with van der Waals surface area (Å²) < 4.78 is 5.33. The topological polar surface area (TPSA) is 203 Å². The van der Waals surface area contributed by atoms with Gasteiger partial charge in [0.25, 0.3) is 0 Å². The number of thioether (sulfide) groups is 1. The molecule has 0 spiro atoms. The van der Waals surface area contributed by atoms with Crippen molar-refractivity contribution in [2.45, 2.75) is 75.0 Å². The van der Waals surface area contributed by atoms with Crippen LogP contribution in [-0.2, 0) is 41.6 Å². The molecule has 6 rings (SSSR count). The highest BCUT2D eigenvalue weighted by Gasteiger charge is 2.72. The van der Waals surface area contributed by atoms with Crippen LogP contribution < -0.4 is 27.4 Å². The summed E-state index contributed by atoms with van der Waals surface area (Å²) in [4.78, 5) is 68.4. The van der Waals surface area contributed by atoms with Crippen molar-refractivity contribution >= 4 is 53.6 Å². The molecule has 3 unspecified atom stereocenters. The maximum Gasteiger partial charge on any atom is 0.321 e. The maximum absolute atomic E-state index is 14.8. The molecule has 0 heterocycles. The Morgan fingerprint density at radius 2 is 1.53 bits per heavy atom. The number of halogens is 1. The van der Waals surface area contributed by atoms with Gasteiger partial charge in [0.05, 0.1) is 25.7 Å². The van der Waals surface area contributed by atoms with E-state index in [2.05, 4.69) is 16.0 Å². The monoisotopic (exact) mass is 743 g/mol. The number of ether oxygens (including phenoxy) is 1. The third-order valence-corrected chi connectivity index (χ3v) is 11.5. The number of nitrogens with one attached hydrogen (secondary N) is 3. The molecule has 0 radical (unpaired) electrons. The molecule has 2 aromatic carbocycles. The van der Waals surface area contributed by atoms with Crippen LogP contribution in [0.5, 0.6) is 5.75 Å². The number of amides is 3. The van der Waals surface area contributed by atoms with Gasteiger partial charge in [0.1, 0.15) is 17.2 Å². The third kappa shape index (κ3) is 8.70. The lowest BCUT2D eigenvalue weighted by Crippen LogP contribution is -2.76. The first-order chi connectivity index (χ1) is 23.9. The van der Waals surface area contributed by atoms with E-state index in [1.165, 1.54) is 31.0 Å². The van der Waals surface area contributed by atoms with Crippen LogP contribution >= 0.6 is 24.2 Å². The van der Waals surface area contributed by atoms with Crippen molar-refractivity contribution in [1.29, 1.82) is 0 Å². The van der Waals surface area contributed by atoms with E-state index in [4.69, 9.17) is 16.2 Å². The number of esters is 1. The van der Waals surface area contributed by atoms with Gasteiger partial charge >= 0.3 is 5.97 Å². The molecule has 0 aliphatic heterocycles. The molecule has 278 valence electrons. The van der Waals surface area contributed by atoms with E-state index in [1.54, 1.807) is 12.1 Å². The first kappa shape index (κ1) is 40.1. The Bertz CT molecular complexity index is 1550. The molecular formula is C37H50ClN5O7S. The Balaban J connectivity index is 0.00000583. The largest absolute Gasteiger partial charge is 0.508 e. The minimum absolute atomic E-state index is 0. The molecule has 4 bridgehead atoms. The van der Waals surface area contributed by atoms with Gasteiger partial charge in [0, 0.05) is 5.54 Å². The molecule has 2 aromatic rings. The van der Waals surface area contributed by atoms with Gasteiger partial charge in [0.2, 0.25) is 17.7 Å². The van der Waals surface area contributed by atoms with Crippen molar-refractivity contribution in [3.05, 3.63) is 65.7 Å². The van der Waals surface area contributed by atoms with E-state index in [9.17, 15) is 29.1 Å². The lowest BCUT2D eigenvalue weighted by atomic mass is 9.40. The fraction of sp³-hybridized carbons (Fsp3) is 0.541. The maximum atomic E-state index is 14.8. The van der Waals surface area contributed by atoms with E-state index in [0.717, 1.165) is 17.5 Å². The first-order valence-electron chi connectivity index (χ1n) is 17.3. The average molecular weight is 744 g/mol. The minimum Gasteiger partial charge on any atom is -0.508 e. The molecule has 4 fully saturated rings. The Kier molecular flexibility index (Phi) is 13.6. The predicted molar refractivity (Wildman–Crippen MR) is 197 cm³/mol. The van der Waals surface area contributed by atoms with E-state index in [-0.39, 0.29) is 36.9 Å². The SMILES string of the molecule is COC(=O)C1(C(=O)[C@H](Cc2ccccc2)NC(=O)CNC(=O)[C@@H](CCSC)NC(=O)[C@@H](N)Cc2ccc(O)cc2)C2CC3CC(C2)CC1(N)C3.Cl. The molecule has 51 heavy (non-hydrogen) atoms. The summed E-state index contributed by atoms with van der Waals surface area (Å²) in [5.74, 6) is -1.75. The molecular weight excluding hydrogens is 694 g/mol. The molecule has 0 saturated heterocycles. The van der Waals surface area contributed by atoms with Crippen molar-refractivity contribution in [3.8, 4) is 5.75 Å². The number of rotatable bonds is 16. The van der Waals surface area contributed by atoms with Crippen LogP contribution in [0, 0.1) is 23.2 Å². The van der Waals surface area contributed by atoms with Crippen LogP contribution in [0.1, 0.15) is 49.7 Å². The van der Waals surface area contributed by atoms with Gasteiger partial charge < -0.3 is 37.3 Å². The number of aromatic hydroxyl groups is 1. The van der Waals surface area contributed by atoms with Gasteiger partial charge in [-0.2, -0.15) is 11.8 Å². The number of benzene rings is 2. The molecule has 3 amide bonds. The van der Waals surface area contributed by atoms with Crippen molar-refractivity contribution < 1.29 is 33.8 Å². The van der Waals surface area contributed by atoms with Gasteiger partial charge in [0.15, 0.2) is 5.78 Å². The zero-order chi connectivity index (χ0) is 36.1. The molecule has 12 nitrogen and oxygen atoms in total. The molecule has 14 heteroatoms. The van der Waals surface area contributed by atoms with E-state index < -0.39 is 65.1 Å². The summed E-state index contributed by atoms with van der Waals surface area (Å²) in [6.07, 6.45) is 6.05. The number of phenols is 1. The summed E-state index contributed by atoms with van der Waals surface area (Å²) in [6, 6.07) is 12.5. The number of carbonyl (C=O) groups excluding carboxylic acids is 5. The Morgan fingerprint density at radius 3 is 2.12 bits per heavy atom. The summed E-state index contributed by atoms with van der Waals surface area (Å²) in [7, 11) is 1.28. The first-order valence-corrected chi connectivity index (χ1v) is 18.6. The zero-order valence-electron chi connectivity index (χ0n) is 29.1. The Hall–Kier alpha value is -3.65. The van der Waals surface area contributed by atoms with E-state index in [0.29, 0.717) is 49.7 Å². The third-order valence-electron chi connectivity index (χ3n) is 10.8. The highest BCUT2D eigenvalue weighted by Crippen LogP contribution is 2.64. The Labute approximate surface area is 309 Å². The quantitative estimate of drug-likeness (QED) is 0.109. The number of carbonyl (C=O) groups is 5. The number of hydrogen-bond donors (Lipinski definition) is 6. The number of ketones is 1. The van der Waals surface area contributed by atoms with Crippen molar-refractivity contribution in [3.63, 3.8) is 0 Å². The predicted octanol–water partition coefficient (Wildman–Crippen LogP) is 2.03. The van der Waals surface area contributed by atoms with Gasteiger partial charge in [-0.1, -0.05) is 42.5 Å². The molecule has 6 atom stereocenters. The molecule has 0 aromatic heterocycles. The fourth-order valence-electron chi connectivity index (χ4n) is 8.80. The summed E-state index contributed by atoms with van der Waals surface area (Å²) in [5.41, 5.74) is 12.1. The van der Waals surface area contributed by atoms with Gasteiger partial charge in [-0.3, -0.25) is 24.0 Å². The standard InChI is InChI=1S/C37H49N5O7S.ClH/c1-49-35(48)37(26-15-24-14-25(16-26)20-36(37,39)19-24)32(45)30(18-22-6-4-3-5-7-22)41-31(44)21-40-34(47)29(12-13-50-2)42-33(46)28(38)17-23-8-10-27(43)11-9-23;/h3-11,24-26,28-30,43H,12-21,38-39H2,1-2H3,(H,40,47)(H,41,44)(H,42,46);1H/t24?,25?,26?,28-,29+,30-,36?,37?;/m0./s1. The Morgan fingerprint density at radius 1 is 0.902 bits per heavy atom. The molecule has 4 aliphatic rings. The van der Waals surface area contributed by atoms with E-state index >= 15 is 0 Å². The van der Waals surface area contributed by atoms with Crippen molar-refractivity contribution in [1.82, 2.24) is 16.0 Å². The van der Waals surface area contributed by atoms with Crippen molar-refractivity contribution in [2.75, 3.05) is 25.7 Å². The summed E-state index contributed by atoms with van der Waals surface area (Å²) in [6.45, 7) is -0.463. The zero-order valence-corrected chi connectivity index (χ0v) is 30.7. The second-order valence-electron chi connectivity index (χ2n) is 14.2. The lowest BCUT2D eigenvalue weighted by molar-refractivity contribution is -0.190. The molecule has 4 saturated carbocycles. The minimum atomic E-state index is -1.60. The van der Waals surface area contributed by atoms with Crippen molar-refractivity contribution in [2.24, 2.45) is 34.6 Å². The second kappa shape index (κ2) is 17.2. The van der Waals surface area contributed by atoms with Crippen LogP contribution in [-0.4, -0.2) is 83.9 Å². The number of hydrogen-bond acceptors (Lipinski definition) is 10. The van der Waals surface area contributed by atoms with Crippen LogP contribution in [0.15, 0.2) is 54.6 Å². The highest BCUT2D eigenvalue weighted by atomic mass is 35.5. The number of methoxy groups -OCH3 is 1. The van der Waals surface area contributed by atoms with Crippen LogP contribution in [0.2, 0.25) is 0 Å². The average Bonchev–Trinajstić information content (AvgIpc) is 3.09. The second-order valence-corrected chi connectivity index (χ2v) is 15.2. The van der Waals surface area contributed by atoms with Crippen LogP contribution in [0.3, 0.4) is 0 Å². The molecule has 8 N–H and O–H groups in total. The lowest BCUT2D eigenvalue weighted by Gasteiger charge is -2.64. The summed E-state index contributed by atoms with van der Waals surface area (Å²) in [5, 5.41) is 17.7.